The quantitative estimate of drug-likeness (QED) is 0.593. The first-order chi connectivity index (χ1) is 5.72. The summed E-state index contributed by atoms with van der Waals surface area (Å²) in [6, 6.07) is 0. The Morgan fingerprint density at radius 1 is 1.58 bits per heavy atom. The van der Waals surface area contributed by atoms with Gasteiger partial charge in [0.2, 0.25) is 0 Å². The Balaban J connectivity index is 2.21. The van der Waals surface area contributed by atoms with Gasteiger partial charge in [-0.15, -0.1) is 0 Å². The van der Waals surface area contributed by atoms with E-state index in [0.29, 0.717) is 5.92 Å². The fourth-order valence-corrected chi connectivity index (χ4v) is 1.83. The van der Waals surface area contributed by atoms with Gasteiger partial charge in [0.25, 0.3) is 0 Å². The van der Waals surface area contributed by atoms with Crippen molar-refractivity contribution in [3.8, 4) is 0 Å². The maximum absolute atomic E-state index is 10.3. The van der Waals surface area contributed by atoms with E-state index in [-0.39, 0.29) is 0 Å². The number of likely N-dealkylation sites (tertiary alicyclic amines) is 1. The highest BCUT2D eigenvalue weighted by Gasteiger charge is 2.21. The molecule has 0 aromatic carbocycles. The molecule has 1 atom stereocenters. The average Bonchev–Trinajstić information content (AvgIpc) is 2.36. The summed E-state index contributed by atoms with van der Waals surface area (Å²) in [4.78, 5) is 12.7. The van der Waals surface area contributed by atoms with Gasteiger partial charge < -0.3 is 9.69 Å². The molecule has 1 radical (unpaired) electrons. The zero-order chi connectivity index (χ0) is 8.97. The fourth-order valence-electron chi connectivity index (χ4n) is 1.83. The van der Waals surface area contributed by atoms with Crippen LogP contribution in [-0.4, -0.2) is 30.8 Å². The highest BCUT2D eigenvalue weighted by molar-refractivity contribution is 5.49. The van der Waals surface area contributed by atoms with E-state index in [2.05, 4.69) is 18.7 Å². The number of carbonyl (C=O) groups is 1. The molecule has 0 saturated carbocycles. The van der Waals surface area contributed by atoms with Crippen LogP contribution in [0.5, 0.6) is 0 Å². The Labute approximate surface area is 74.9 Å². The lowest BCUT2D eigenvalue weighted by atomic mass is 10.1. The van der Waals surface area contributed by atoms with Crippen LogP contribution in [0, 0.1) is 11.8 Å². The predicted molar refractivity (Wildman–Crippen MR) is 49.8 cm³/mol. The van der Waals surface area contributed by atoms with Gasteiger partial charge in [0.15, 0.2) is 0 Å². The molecule has 0 aromatic heterocycles. The van der Waals surface area contributed by atoms with Crippen LogP contribution >= 0.6 is 0 Å². The van der Waals surface area contributed by atoms with Gasteiger partial charge in [0, 0.05) is 19.5 Å². The number of hydrogen-bond donors (Lipinski definition) is 0. The molecule has 1 saturated heterocycles. The molecular formula is C10H18NO. The molecule has 1 aliphatic rings. The van der Waals surface area contributed by atoms with Gasteiger partial charge in [-0.25, -0.2) is 0 Å². The zero-order valence-electron chi connectivity index (χ0n) is 8.05. The van der Waals surface area contributed by atoms with Crippen molar-refractivity contribution in [2.75, 3.05) is 19.6 Å². The Hall–Kier alpha value is -0.370. The lowest BCUT2D eigenvalue weighted by Gasteiger charge is -2.17. The minimum Gasteiger partial charge on any atom is -0.303 e. The SMILES string of the molecule is C[C](C)CN1CCC(CC=O)C1. The number of carbonyl (C=O) groups excluding carboxylic acids is 1. The molecular weight excluding hydrogens is 150 g/mol. The zero-order valence-corrected chi connectivity index (χ0v) is 8.05. The molecule has 12 heavy (non-hydrogen) atoms. The number of nitrogens with zero attached hydrogens (tertiary/aromatic N) is 1. The Morgan fingerprint density at radius 2 is 2.33 bits per heavy atom. The Kier molecular flexibility index (Phi) is 3.73. The van der Waals surface area contributed by atoms with E-state index in [9.17, 15) is 4.79 Å². The van der Waals surface area contributed by atoms with E-state index in [0.717, 1.165) is 25.8 Å². The van der Waals surface area contributed by atoms with Gasteiger partial charge in [-0.1, -0.05) is 13.8 Å². The molecule has 2 heteroatoms. The average molecular weight is 168 g/mol. The molecule has 0 aromatic rings. The van der Waals surface area contributed by atoms with Gasteiger partial charge in [-0.3, -0.25) is 0 Å². The molecule has 69 valence electrons. The molecule has 0 spiro atoms. The smallest absolute Gasteiger partial charge is 0.120 e. The van der Waals surface area contributed by atoms with Crippen molar-refractivity contribution in [3.05, 3.63) is 5.92 Å². The molecule has 2 nitrogen and oxygen atoms in total. The predicted octanol–water partition coefficient (Wildman–Crippen LogP) is 1.51. The first-order valence-electron chi connectivity index (χ1n) is 4.67. The van der Waals surface area contributed by atoms with Crippen molar-refractivity contribution in [2.24, 2.45) is 5.92 Å². The summed E-state index contributed by atoms with van der Waals surface area (Å²) in [5.74, 6) is 2.09. The van der Waals surface area contributed by atoms with Crippen LogP contribution in [0.15, 0.2) is 0 Å². The van der Waals surface area contributed by atoms with Gasteiger partial charge >= 0.3 is 0 Å². The van der Waals surface area contributed by atoms with Crippen LogP contribution < -0.4 is 0 Å². The summed E-state index contributed by atoms with van der Waals surface area (Å²) in [5.41, 5.74) is 0. The lowest BCUT2D eigenvalue weighted by molar-refractivity contribution is -0.108. The summed E-state index contributed by atoms with van der Waals surface area (Å²) in [5, 5.41) is 0. The molecule has 1 fully saturated rings. The van der Waals surface area contributed by atoms with Crippen molar-refractivity contribution in [2.45, 2.75) is 26.7 Å². The minimum absolute atomic E-state index is 0.627. The van der Waals surface area contributed by atoms with Crippen molar-refractivity contribution >= 4 is 6.29 Å². The van der Waals surface area contributed by atoms with E-state index < -0.39 is 0 Å². The normalized spacial score (nSPS) is 25.1. The molecule has 1 heterocycles. The highest BCUT2D eigenvalue weighted by Crippen LogP contribution is 2.19. The Morgan fingerprint density at radius 3 is 2.92 bits per heavy atom. The van der Waals surface area contributed by atoms with E-state index in [1.54, 1.807) is 0 Å². The van der Waals surface area contributed by atoms with Gasteiger partial charge in [-0.2, -0.15) is 0 Å². The fraction of sp³-hybridized carbons (Fsp3) is 0.800. The second kappa shape index (κ2) is 4.61. The van der Waals surface area contributed by atoms with Gasteiger partial charge in [-0.05, 0) is 24.8 Å². The third-order valence-electron chi connectivity index (χ3n) is 2.34. The van der Waals surface area contributed by atoms with Crippen molar-refractivity contribution in [1.29, 1.82) is 0 Å². The molecule has 0 bridgehead atoms. The van der Waals surface area contributed by atoms with Crippen molar-refractivity contribution < 1.29 is 4.79 Å². The first kappa shape index (κ1) is 9.72. The maximum atomic E-state index is 10.3. The standard InChI is InChI=1S/C10H18NO/c1-9(2)7-11-5-3-10(8-11)4-6-12/h6,10H,3-5,7-8H2,1-2H3. The minimum atomic E-state index is 0.627. The molecule has 1 rings (SSSR count). The highest BCUT2D eigenvalue weighted by atomic mass is 16.1. The van der Waals surface area contributed by atoms with Gasteiger partial charge in [0.1, 0.15) is 6.29 Å². The first-order valence-corrected chi connectivity index (χ1v) is 4.67. The number of rotatable bonds is 4. The van der Waals surface area contributed by atoms with E-state index in [1.807, 2.05) is 0 Å². The molecule has 0 aliphatic carbocycles. The molecule has 1 aliphatic heterocycles. The van der Waals surface area contributed by atoms with E-state index in [4.69, 9.17) is 0 Å². The molecule has 0 N–H and O–H groups in total. The second-order valence-corrected chi connectivity index (χ2v) is 4.00. The molecule has 1 unspecified atom stereocenters. The second-order valence-electron chi connectivity index (χ2n) is 4.00. The van der Waals surface area contributed by atoms with Crippen LogP contribution in [0.4, 0.5) is 0 Å². The van der Waals surface area contributed by atoms with Crippen LogP contribution in [0.1, 0.15) is 26.7 Å². The summed E-state index contributed by atoms with van der Waals surface area (Å²) in [6.07, 6.45) is 3.00. The summed E-state index contributed by atoms with van der Waals surface area (Å²) >= 11 is 0. The van der Waals surface area contributed by atoms with Crippen molar-refractivity contribution in [3.63, 3.8) is 0 Å². The van der Waals surface area contributed by atoms with Crippen molar-refractivity contribution in [1.82, 2.24) is 4.90 Å². The monoisotopic (exact) mass is 168 g/mol. The summed E-state index contributed by atoms with van der Waals surface area (Å²) in [6.45, 7) is 7.71. The number of hydrogen-bond acceptors (Lipinski definition) is 2. The van der Waals surface area contributed by atoms with Crippen LogP contribution in [0.3, 0.4) is 0 Å². The van der Waals surface area contributed by atoms with Crippen LogP contribution in [-0.2, 0) is 4.79 Å². The van der Waals surface area contributed by atoms with Gasteiger partial charge in [0.05, 0.1) is 0 Å². The molecule has 0 amide bonds. The third kappa shape index (κ3) is 2.94. The summed E-state index contributed by atoms with van der Waals surface area (Å²) < 4.78 is 0. The summed E-state index contributed by atoms with van der Waals surface area (Å²) in [7, 11) is 0. The maximum Gasteiger partial charge on any atom is 0.120 e. The third-order valence-corrected chi connectivity index (χ3v) is 2.34. The Bertz CT molecular complexity index is 145. The van der Waals surface area contributed by atoms with Crippen LogP contribution in [0.25, 0.3) is 0 Å². The van der Waals surface area contributed by atoms with E-state index >= 15 is 0 Å². The number of aldehydes is 1. The largest absolute Gasteiger partial charge is 0.303 e. The lowest BCUT2D eigenvalue weighted by Crippen LogP contribution is -2.24. The van der Waals surface area contributed by atoms with Crippen LogP contribution in [0.2, 0.25) is 0 Å². The topological polar surface area (TPSA) is 20.3 Å². The van der Waals surface area contributed by atoms with E-state index in [1.165, 1.54) is 18.9 Å².